The molecule has 1 rings (SSSR count). The molecule has 4 nitrogen and oxygen atoms in total. The second-order valence-electron chi connectivity index (χ2n) is 4.55. The Labute approximate surface area is 143 Å². The second-order valence-corrected chi connectivity index (χ2v) is 9.72. The van der Waals surface area contributed by atoms with E-state index in [0.29, 0.717) is 0 Å². The number of carbonyl (C=O) groups excluding carboxylic acids is 1. The van der Waals surface area contributed by atoms with Crippen LogP contribution in [0.2, 0.25) is 0 Å². The molecule has 0 aromatic heterocycles. The Hall–Kier alpha value is 0.430. The van der Waals surface area contributed by atoms with Crippen molar-refractivity contribution in [2.45, 2.75) is 45.4 Å². The van der Waals surface area contributed by atoms with Gasteiger partial charge in [-0.15, -0.1) is 0 Å². The van der Waals surface area contributed by atoms with Crippen LogP contribution in [0.4, 0.5) is 26.3 Å². The van der Waals surface area contributed by atoms with E-state index in [2.05, 4.69) is 3.53 Å². The van der Waals surface area contributed by atoms with Crippen molar-refractivity contribution < 1.29 is 83.7 Å². The van der Waals surface area contributed by atoms with Crippen molar-refractivity contribution in [3.05, 3.63) is 0 Å². The molecular weight excluding hydrogens is 550 g/mol. The number of hydrogen-bond acceptors (Lipinski definition) is 4. The van der Waals surface area contributed by atoms with Gasteiger partial charge in [0.25, 0.3) is 0 Å². The number of carbonyl (C=O) groups is 1. The van der Waals surface area contributed by atoms with Crippen molar-refractivity contribution in [2.24, 2.45) is 0 Å². The topological polar surface area (TPSA) is 68.5 Å². The SMILES string of the molecule is C[I-]C(C(=O)OC(C)CC(O)(C(F)(F)F)C(F)(F)F)C1N[I-]1. The Bertz CT molecular complexity index is 398. The predicted octanol–water partition coefficient (Wildman–Crippen LogP) is -4.82. The van der Waals surface area contributed by atoms with Crippen LogP contribution >= 0.6 is 0 Å². The molecule has 1 saturated heterocycles. The van der Waals surface area contributed by atoms with Crippen LogP contribution < -0.4 is 46.2 Å². The number of aliphatic hydroxyl groups is 1. The number of esters is 1. The molecule has 22 heavy (non-hydrogen) atoms. The minimum atomic E-state index is -5.91. The third kappa shape index (κ3) is 4.72. The quantitative estimate of drug-likeness (QED) is 0.0649. The van der Waals surface area contributed by atoms with Gasteiger partial charge >= 0.3 is 143 Å². The Morgan fingerprint density at radius 1 is 1.32 bits per heavy atom. The summed E-state index contributed by atoms with van der Waals surface area (Å²) in [6, 6.07) is 0. The summed E-state index contributed by atoms with van der Waals surface area (Å²) in [5, 5.41) is 9.04. The molecule has 0 radical (unpaired) electrons. The number of rotatable bonds is 6. The zero-order chi connectivity index (χ0) is 17.3. The van der Waals surface area contributed by atoms with Gasteiger partial charge in [-0.2, -0.15) is 0 Å². The molecule has 134 valence electrons. The molecule has 0 aromatic rings. The fourth-order valence-electron chi connectivity index (χ4n) is 1.58. The molecule has 3 atom stereocenters. The Balaban J connectivity index is 2.76. The average Bonchev–Trinajstić information content (AvgIpc) is 3.10. The van der Waals surface area contributed by atoms with Gasteiger partial charge in [0.05, 0.1) is 0 Å². The molecule has 1 fully saturated rings. The Morgan fingerprint density at radius 3 is 2.09 bits per heavy atom. The number of nitrogens with one attached hydrogen (secondary N) is 1. The zero-order valence-corrected chi connectivity index (χ0v) is 15.5. The van der Waals surface area contributed by atoms with E-state index < -0.39 is 61.6 Å². The van der Waals surface area contributed by atoms with E-state index in [9.17, 15) is 31.1 Å². The summed E-state index contributed by atoms with van der Waals surface area (Å²) < 4.78 is 82.5. The molecule has 0 bridgehead atoms. The summed E-state index contributed by atoms with van der Waals surface area (Å²) in [5.74, 6) is -0.802. The Morgan fingerprint density at radius 2 is 1.77 bits per heavy atom. The number of ether oxygens (including phenoxy) is 1. The monoisotopic (exact) mass is 563 g/mol. The molecule has 1 heterocycles. The number of alkyl halides is 9. The van der Waals surface area contributed by atoms with E-state index >= 15 is 0 Å². The summed E-state index contributed by atoms with van der Waals surface area (Å²) in [6.45, 7) is 0.904. The molecule has 1 aliphatic heterocycles. The average molecular weight is 563 g/mol. The molecule has 1 aliphatic rings. The fraction of sp³-hybridized carbons (Fsp3) is 0.900. The summed E-state index contributed by atoms with van der Waals surface area (Å²) in [6.07, 6.45) is -15.3. The first-order chi connectivity index (χ1) is 9.83. The maximum atomic E-state index is 12.6. The number of hydrogen-bond donors (Lipinski definition) is 2. The molecule has 0 spiro atoms. The number of halogens is 8. The van der Waals surface area contributed by atoms with E-state index in [0.717, 1.165) is 6.92 Å². The first-order valence-corrected chi connectivity index (χ1v) is 11.5. The summed E-state index contributed by atoms with van der Waals surface area (Å²) in [4.78, 5) is 13.6. The van der Waals surface area contributed by atoms with Gasteiger partial charge in [0, 0.05) is 0 Å². The van der Waals surface area contributed by atoms with Crippen molar-refractivity contribution in [2.75, 3.05) is 4.93 Å². The normalized spacial score (nSPS) is 22.7. The van der Waals surface area contributed by atoms with E-state index in [1.807, 2.05) is 0 Å². The standard InChI is InChI=1S/C10H13F6I2NO3/c1-4(22-7(20)5(17-2)6-18-19-6)3-8(21,9(11,12)13)10(14,15)16/h4-6,19,21H,3H2,1-2H3/q-2. The third-order valence-electron chi connectivity index (χ3n) is 2.79. The Kier molecular flexibility index (Phi) is 6.63. The van der Waals surface area contributed by atoms with Crippen LogP contribution in [-0.4, -0.2) is 48.0 Å². The summed E-state index contributed by atoms with van der Waals surface area (Å²) in [5.41, 5.74) is -4.90. The van der Waals surface area contributed by atoms with Crippen LogP contribution in [-0.2, 0) is 9.53 Å². The summed E-state index contributed by atoms with van der Waals surface area (Å²) in [7, 11) is 0. The molecule has 0 aliphatic carbocycles. The second kappa shape index (κ2) is 7.13. The van der Waals surface area contributed by atoms with Crippen LogP contribution in [0, 0.1) is 0 Å². The first-order valence-electron chi connectivity index (χ1n) is 5.75. The van der Waals surface area contributed by atoms with Gasteiger partial charge in [0.15, 0.2) is 0 Å². The molecule has 12 heteroatoms. The molecular formula is C10H13F6I2NO3-2. The molecule has 2 N–H and O–H groups in total. The van der Waals surface area contributed by atoms with Gasteiger partial charge in [-0.25, -0.2) is 0 Å². The van der Waals surface area contributed by atoms with E-state index in [1.54, 1.807) is 4.93 Å². The van der Waals surface area contributed by atoms with E-state index in [4.69, 9.17) is 9.84 Å². The van der Waals surface area contributed by atoms with Crippen molar-refractivity contribution >= 4 is 5.97 Å². The van der Waals surface area contributed by atoms with Gasteiger partial charge in [0.1, 0.15) is 0 Å². The van der Waals surface area contributed by atoms with Crippen LogP contribution in [0.5, 0.6) is 0 Å². The van der Waals surface area contributed by atoms with Gasteiger partial charge in [-0.3, -0.25) is 0 Å². The predicted molar refractivity (Wildman–Crippen MR) is 53.9 cm³/mol. The third-order valence-corrected chi connectivity index (χ3v) is 8.80. The molecule has 0 amide bonds. The van der Waals surface area contributed by atoms with Crippen molar-refractivity contribution in [1.29, 1.82) is 0 Å². The van der Waals surface area contributed by atoms with Crippen LogP contribution in [0.3, 0.4) is 0 Å². The summed E-state index contributed by atoms with van der Waals surface area (Å²) >= 11 is -0.935. The van der Waals surface area contributed by atoms with Crippen molar-refractivity contribution in [3.8, 4) is 0 Å². The molecule has 0 saturated carbocycles. The van der Waals surface area contributed by atoms with Gasteiger partial charge < -0.3 is 0 Å². The van der Waals surface area contributed by atoms with Crippen LogP contribution in [0.1, 0.15) is 13.3 Å². The minimum absolute atomic E-state index is 0.0135. The fourth-order valence-corrected chi connectivity index (χ4v) is 7.65. The van der Waals surface area contributed by atoms with E-state index in [-0.39, 0.29) is 25.5 Å². The van der Waals surface area contributed by atoms with Gasteiger partial charge in [-0.1, -0.05) is 0 Å². The first kappa shape index (κ1) is 20.5. The molecule has 0 aromatic carbocycles. The zero-order valence-electron chi connectivity index (χ0n) is 11.2. The van der Waals surface area contributed by atoms with Crippen molar-refractivity contribution in [1.82, 2.24) is 3.53 Å². The van der Waals surface area contributed by atoms with Crippen molar-refractivity contribution in [3.63, 3.8) is 0 Å². The van der Waals surface area contributed by atoms with Crippen LogP contribution in [0.15, 0.2) is 0 Å². The maximum absolute atomic E-state index is 12.6. The van der Waals surface area contributed by atoms with Gasteiger partial charge in [0.2, 0.25) is 0 Å². The van der Waals surface area contributed by atoms with Gasteiger partial charge in [-0.05, 0) is 0 Å². The van der Waals surface area contributed by atoms with E-state index in [1.165, 1.54) is 0 Å². The van der Waals surface area contributed by atoms with Crippen LogP contribution in [0.25, 0.3) is 0 Å². The molecule has 3 unspecified atom stereocenters.